The van der Waals surface area contributed by atoms with E-state index in [-0.39, 0.29) is 5.84 Å². The number of amidine groups is 1. The van der Waals surface area contributed by atoms with Crippen LogP contribution < -0.4 is 10.5 Å². The van der Waals surface area contributed by atoms with Gasteiger partial charge >= 0.3 is 0 Å². The maximum Gasteiger partial charge on any atom is 0.180 e. The third-order valence-electron chi connectivity index (χ3n) is 1.68. The van der Waals surface area contributed by atoms with E-state index in [0.29, 0.717) is 15.8 Å². The third-order valence-corrected chi connectivity index (χ3v) is 2.12. The Morgan fingerprint density at radius 1 is 1.40 bits per heavy atom. The summed E-state index contributed by atoms with van der Waals surface area (Å²) in [7, 11) is 0. The summed E-state index contributed by atoms with van der Waals surface area (Å²) >= 11 is 11.5. The molecule has 0 radical (unpaired) electrons. The Labute approximate surface area is 97.2 Å². The van der Waals surface area contributed by atoms with Crippen molar-refractivity contribution in [3.05, 3.63) is 28.2 Å². The molecule has 6 heteroatoms. The minimum atomic E-state index is -0.551. The Balaban J connectivity index is 2.81. The molecule has 3 N–H and O–H groups in total. The zero-order valence-corrected chi connectivity index (χ0v) is 9.46. The fraction of sp³-hybridized carbons (Fsp3) is 0.222. The molecule has 1 aromatic carbocycles. The molecule has 1 aromatic rings. The molecule has 0 heterocycles. The average molecular weight is 249 g/mol. The lowest BCUT2D eigenvalue weighted by atomic mass is 10.3. The van der Waals surface area contributed by atoms with Crippen molar-refractivity contribution < 1.29 is 9.94 Å². The van der Waals surface area contributed by atoms with Gasteiger partial charge in [0.15, 0.2) is 11.9 Å². The highest BCUT2D eigenvalue weighted by Crippen LogP contribution is 2.24. The van der Waals surface area contributed by atoms with Crippen molar-refractivity contribution >= 4 is 29.0 Å². The number of nitrogens with two attached hydrogens (primary N) is 1. The topological polar surface area (TPSA) is 67.8 Å². The molecule has 4 nitrogen and oxygen atoms in total. The van der Waals surface area contributed by atoms with E-state index in [0.717, 1.165) is 0 Å². The molecule has 0 bridgehead atoms. The summed E-state index contributed by atoms with van der Waals surface area (Å²) < 4.78 is 5.34. The monoisotopic (exact) mass is 248 g/mol. The molecule has 0 aliphatic carbocycles. The molecule has 1 rings (SSSR count). The molecular weight excluding hydrogens is 239 g/mol. The number of oxime groups is 1. The lowest BCUT2D eigenvalue weighted by Gasteiger charge is -2.13. The number of hydrogen-bond acceptors (Lipinski definition) is 3. The summed E-state index contributed by atoms with van der Waals surface area (Å²) in [6.07, 6.45) is -0.551. The van der Waals surface area contributed by atoms with Gasteiger partial charge in [-0.05, 0) is 25.1 Å². The van der Waals surface area contributed by atoms with E-state index in [1.807, 2.05) is 0 Å². The van der Waals surface area contributed by atoms with Gasteiger partial charge in [-0.2, -0.15) is 0 Å². The van der Waals surface area contributed by atoms with E-state index in [4.69, 9.17) is 38.9 Å². The van der Waals surface area contributed by atoms with Gasteiger partial charge in [-0.1, -0.05) is 28.4 Å². The molecule has 0 saturated heterocycles. The van der Waals surface area contributed by atoms with Crippen molar-refractivity contribution in [1.82, 2.24) is 0 Å². The highest BCUT2D eigenvalue weighted by atomic mass is 35.5. The SMILES string of the molecule is CC(Oc1cc(Cl)cc(Cl)c1)C(N)=NO. The lowest BCUT2D eigenvalue weighted by molar-refractivity contribution is 0.265. The van der Waals surface area contributed by atoms with Crippen LogP contribution in [0.4, 0.5) is 0 Å². The second-order valence-corrected chi connectivity index (χ2v) is 3.76. The van der Waals surface area contributed by atoms with Gasteiger partial charge in [0.25, 0.3) is 0 Å². The van der Waals surface area contributed by atoms with Gasteiger partial charge in [0.2, 0.25) is 0 Å². The van der Waals surface area contributed by atoms with Crippen LogP contribution in [-0.2, 0) is 0 Å². The van der Waals surface area contributed by atoms with Gasteiger partial charge in [-0.25, -0.2) is 0 Å². The molecule has 1 atom stereocenters. The Hall–Kier alpha value is -1.13. The van der Waals surface area contributed by atoms with Crippen LogP contribution >= 0.6 is 23.2 Å². The summed E-state index contributed by atoms with van der Waals surface area (Å²) in [5.74, 6) is 0.442. The number of halogens is 2. The zero-order valence-electron chi connectivity index (χ0n) is 7.95. The largest absolute Gasteiger partial charge is 0.483 e. The van der Waals surface area contributed by atoms with E-state index in [9.17, 15) is 0 Å². The predicted octanol–water partition coefficient (Wildman–Crippen LogP) is 2.51. The van der Waals surface area contributed by atoms with Crippen molar-refractivity contribution in [2.45, 2.75) is 13.0 Å². The summed E-state index contributed by atoms with van der Waals surface area (Å²) in [4.78, 5) is 0. The Bertz CT molecular complexity index is 362. The second-order valence-electron chi connectivity index (χ2n) is 2.89. The molecule has 15 heavy (non-hydrogen) atoms. The Morgan fingerprint density at radius 2 is 1.93 bits per heavy atom. The lowest BCUT2D eigenvalue weighted by Crippen LogP contribution is -2.31. The van der Waals surface area contributed by atoms with E-state index < -0.39 is 6.10 Å². The van der Waals surface area contributed by atoms with Crippen LogP contribution in [-0.4, -0.2) is 17.1 Å². The number of ether oxygens (including phenoxy) is 1. The molecule has 0 aliphatic rings. The van der Waals surface area contributed by atoms with Gasteiger partial charge in [0.1, 0.15) is 5.75 Å². The van der Waals surface area contributed by atoms with Crippen molar-refractivity contribution in [3.63, 3.8) is 0 Å². The van der Waals surface area contributed by atoms with Crippen molar-refractivity contribution in [1.29, 1.82) is 0 Å². The number of benzene rings is 1. The van der Waals surface area contributed by atoms with Crippen molar-refractivity contribution in [2.75, 3.05) is 0 Å². The number of rotatable bonds is 3. The van der Waals surface area contributed by atoms with E-state index in [2.05, 4.69) is 5.16 Å². The van der Waals surface area contributed by atoms with Crippen LogP contribution in [0, 0.1) is 0 Å². The van der Waals surface area contributed by atoms with Gasteiger partial charge < -0.3 is 15.7 Å². The van der Waals surface area contributed by atoms with Crippen LogP contribution in [0.1, 0.15) is 6.92 Å². The van der Waals surface area contributed by atoms with Crippen molar-refractivity contribution in [3.8, 4) is 5.75 Å². The molecule has 0 aromatic heterocycles. The fourth-order valence-corrected chi connectivity index (χ4v) is 1.45. The maximum absolute atomic E-state index is 8.42. The Morgan fingerprint density at radius 3 is 2.40 bits per heavy atom. The van der Waals surface area contributed by atoms with Crippen LogP contribution in [0.25, 0.3) is 0 Å². The van der Waals surface area contributed by atoms with Gasteiger partial charge in [0.05, 0.1) is 0 Å². The normalized spacial score (nSPS) is 13.7. The number of hydrogen-bond donors (Lipinski definition) is 2. The first-order chi connectivity index (χ1) is 7.02. The number of nitrogens with zero attached hydrogens (tertiary/aromatic N) is 1. The molecule has 82 valence electrons. The molecule has 0 fully saturated rings. The summed E-state index contributed by atoms with van der Waals surface area (Å²) in [6.45, 7) is 1.64. The summed E-state index contributed by atoms with van der Waals surface area (Å²) in [6, 6.07) is 4.77. The fourth-order valence-electron chi connectivity index (χ4n) is 0.942. The first kappa shape index (κ1) is 11.9. The van der Waals surface area contributed by atoms with Gasteiger partial charge in [0, 0.05) is 10.0 Å². The maximum atomic E-state index is 8.42. The van der Waals surface area contributed by atoms with Gasteiger partial charge in [-0.3, -0.25) is 0 Å². The summed E-state index contributed by atoms with van der Waals surface area (Å²) in [5, 5.41) is 12.2. The van der Waals surface area contributed by atoms with Gasteiger partial charge in [-0.15, -0.1) is 0 Å². The van der Waals surface area contributed by atoms with Crippen LogP contribution in [0.5, 0.6) is 5.75 Å². The highest BCUT2D eigenvalue weighted by molar-refractivity contribution is 6.34. The summed E-state index contributed by atoms with van der Waals surface area (Å²) in [5.41, 5.74) is 5.35. The van der Waals surface area contributed by atoms with E-state index in [1.165, 1.54) is 0 Å². The molecule has 0 spiro atoms. The minimum Gasteiger partial charge on any atom is -0.483 e. The predicted molar refractivity (Wildman–Crippen MR) is 60.0 cm³/mol. The van der Waals surface area contributed by atoms with Crippen LogP contribution in [0.15, 0.2) is 23.4 Å². The second kappa shape index (κ2) is 5.09. The zero-order chi connectivity index (χ0) is 11.4. The average Bonchev–Trinajstić information content (AvgIpc) is 2.14. The quantitative estimate of drug-likeness (QED) is 0.374. The standard InChI is InChI=1S/C9H10Cl2N2O2/c1-5(9(12)13-14)15-8-3-6(10)2-7(11)4-8/h2-5,14H,1H3,(H2,12,13). The molecule has 1 unspecified atom stereocenters. The van der Waals surface area contributed by atoms with Crippen LogP contribution in [0.3, 0.4) is 0 Å². The molecule has 0 amide bonds. The highest BCUT2D eigenvalue weighted by Gasteiger charge is 2.10. The smallest absolute Gasteiger partial charge is 0.180 e. The van der Waals surface area contributed by atoms with E-state index >= 15 is 0 Å². The molecular formula is C9H10Cl2N2O2. The Kier molecular flexibility index (Phi) is 4.05. The first-order valence-corrected chi connectivity index (χ1v) is 4.88. The van der Waals surface area contributed by atoms with Crippen molar-refractivity contribution in [2.24, 2.45) is 10.9 Å². The molecule has 0 saturated carbocycles. The first-order valence-electron chi connectivity index (χ1n) is 4.13. The van der Waals surface area contributed by atoms with Crippen LogP contribution in [0.2, 0.25) is 10.0 Å². The minimum absolute atomic E-state index is 0.0221. The molecule has 0 aliphatic heterocycles. The van der Waals surface area contributed by atoms with E-state index in [1.54, 1.807) is 25.1 Å². The third kappa shape index (κ3) is 3.49.